The summed E-state index contributed by atoms with van der Waals surface area (Å²) in [6.07, 6.45) is 0.0531. The van der Waals surface area contributed by atoms with Crippen molar-refractivity contribution in [3.05, 3.63) is 29.3 Å². The van der Waals surface area contributed by atoms with Crippen LogP contribution in [0.4, 0.5) is 18.9 Å². The number of nitrogens with two attached hydrogens (primary N) is 1. The maximum atomic E-state index is 11.5. The lowest BCUT2D eigenvalue weighted by Crippen LogP contribution is -2.62. The molecule has 2 fully saturated rings. The van der Waals surface area contributed by atoms with Crippen LogP contribution in [0.3, 0.4) is 0 Å². The van der Waals surface area contributed by atoms with Crippen LogP contribution < -0.4 is 10.3 Å². The highest BCUT2D eigenvalue weighted by molar-refractivity contribution is 5.94. The Morgan fingerprint density at radius 3 is 2.18 bits per heavy atom. The van der Waals surface area contributed by atoms with Gasteiger partial charge in [-0.05, 0) is 38.3 Å². The third-order valence-corrected chi connectivity index (χ3v) is 5.60. The predicted molar refractivity (Wildman–Crippen MR) is 99.6 cm³/mol. The van der Waals surface area contributed by atoms with Gasteiger partial charge < -0.3 is 10.8 Å². The molecule has 0 aromatic heterocycles. The zero-order chi connectivity index (χ0) is 21.1. The second-order valence-corrected chi connectivity index (χ2v) is 7.37. The fraction of sp³-hybridized carbons (Fsp3) is 0.579. The van der Waals surface area contributed by atoms with Crippen LogP contribution in [0, 0.1) is 6.92 Å². The number of benzene rings is 1. The van der Waals surface area contributed by atoms with Crippen molar-refractivity contribution in [3.63, 3.8) is 0 Å². The standard InChI is InChI=1S/C17H25N3O.C2HF3O2/c1-13-12-15(7-8-16(13)17(18)21)20(11-5-6-14(20)2)19-9-3-4-10-19;3-2(4,5)1(6)7/h7-8,12,14H,3-6,9-11H2,1-2H3,(H-,18,21);(H,6,7)/p+1/t14-,20-;/m0./s1. The van der Waals surface area contributed by atoms with E-state index >= 15 is 0 Å². The minimum Gasteiger partial charge on any atom is -0.475 e. The highest BCUT2D eigenvalue weighted by atomic mass is 19.4. The Balaban J connectivity index is 0.000000345. The van der Waals surface area contributed by atoms with Crippen LogP contribution in [0.2, 0.25) is 0 Å². The van der Waals surface area contributed by atoms with Crippen molar-refractivity contribution in [2.45, 2.75) is 51.7 Å². The SMILES string of the molecule is Cc1cc([N@+]2(N3CCCC3)CCC[C@@H]2C)ccc1C(N)=O.O=C(O)C(F)(F)F. The van der Waals surface area contributed by atoms with Gasteiger partial charge in [0.1, 0.15) is 12.6 Å². The van der Waals surface area contributed by atoms with Gasteiger partial charge >= 0.3 is 12.1 Å². The second-order valence-electron chi connectivity index (χ2n) is 7.37. The number of carbonyl (C=O) groups is 2. The lowest BCUT2D eigenvalue weighted by atomic mass is 10.1. The summed E-state index contributed by atoms with van der Waals surface area (Å²) in [7, 11) is 0. The van der Waals surface area contributed by atoms with Crippen molar-refractivity contribution >= 4 is 17.6 Å². The lowest BCUT2D eigenvalue weighted by molar-refractivity contribution is -0.192. The van der Waals surface area contributed by atoms with Crippen LogP contribution in [0.5, 0.6) is 0 Å². The molecule has 0 spiro atoms. The number of aliphatic carboxylic acids is 1. The van der Waals surface area contributed by atoms with E-state index in [1.54, 1.807) is 0 Å². The van der Waals surface area contributed by atoms with E-state index in [9.17, 15) is 18.0 Å². The lowest BCUT2D eigenvalue weighted by Gasteiger charge is -2.44. The maximum absolute atomic E-state index is 11.5. The Kier molecular flexibility index (Phi) is 6.71. The van der Waals surface area contributed by atoms with Gasteiger partial charge in [-0.25, -0.2) is 9.39 Å². The molecule has 3 N–H and O–H groups in total. The van der Waals surface area contributed by atoms with Gasteiger partial charge in [0.05, 0.1) is 0 Å². The molecule has 0 radical (unpaired) electrons. The zero-order valence-corrected chi connectivity index (χ0v) is 16.1. The minimum absolute atomic E-state index is 0.332. The number of carbonyl (C=O) groups excluding carboxylic acids is 1. The predicted octanol–water partition coefficient (Wildman–Crippen LogP) is 3.23. The zero-order valence-electron chi connectivity index (χ0n) is 16.1. The van der Waals surface area contributed by atoms with E-state index in [1.165, 1.54) is 51.0 Å². The molecule has 2 saturated heterocycles. The molecule has 6 nitrogen and oxygen atoms in total. The first-order valence-corrected chi connectivity index (χ1v) is 9.34. The molecule has 1 amide bonds. The number of amides is 1. The summed E-state index contributed by atoms with van der Waals surface area (Å²) in [5.74, 6) is -3.09. The van der Waals surface area contributed by atoms with Gasteiger partial charge in [-0.15, -0.1) is 5.01 Å². The molecule has 0 unspecified atom stereocenters. The van der Waals surface area contributed by atoms with Gasteiger partial charge in [0, 0.05) is 43.6 Å². The molecule has 2 heterocycles. The van der Waals surface area contributed by atoms with Gasteiger partial charge in [0.25, 0.3) is 0 Å². The number of halogens is 3. The van der Waals surface area contributed by atoms with Crippen LogP contribution in [0.1, 0.15) is 48.5 Å². The summed E-state index contributed by atoms with van der Waals surface area (Å²) >= 11 is 0. The normalized spacial score (nSPS) is 25.2. The molecule has 2 aliphatic heterocycles. The molecule has 0 bridgehead atoms. The van der Waals surface area contributed by atoms with E-state index in [1.807, 2.05) is 13.0 Å². The Labute approximate surface area is 162 Å². The molecule has 3 rings (SSSR count). The van der Waals surface area contributed by atoms with Gasteiger partial charge in [-0.3, -0.25) is 4.79 Å². The van der Waals surface area contributed by atoms with Gasteiger partial charge in [-0.2, -0.15) is 13.2 Å². The Hall–Kier alpha value is -2.13. The number of carboxylic acid groups (broad SMARTS) is 1. The van der Waals surface area contributed by atoms with Crippen LogP contribution >= 0.6 is 0 Å². The fourth-order valence-electron chi connectivity index (χ4n) is 4.25. The number of hydrogen-bond donors (Lipinski definition) is 2. The van der Waals surface area contributed by atoms with E-state index in [0.29, 0.717) is 11.6 Å². The highest BCUT2D eigenvalue weighted by Crippen LogP contribution is 2.39. The van der Waals surface area contributed by atoms with E-state index < -0.39 is 12.1 Å². The Morgan fingerprint density at radius 2 is 1.79 bits per heavy atom. The Morgan fingerprint density at radius 1 is 1.21 bits per heavy atom. The van der Waals surface area contributed by atoms with E-state index in [-0.39, 0.29) is 5.91 Å². The van der Waals surface area contributed by atoms with Gasteiger partial charge in [0.2, 0.25) is 5.91 Å². The highest BCUT2D eigenvalue weighted by Gasteiger charge is 2.47. The van der Waals surface area contributed by atoms with Crippen molar-refractivity contribution in [2.75, 3.05) is 19.6 Å². The molecule has 0 saturated carbocycles. The fourth-order valence-corrected chi connectivity index (χ4v) is 4.25. The topological polar surface area (TPSA) is 83.6 Å². The van der Waals surface area contributed by atoms with Crippen LogP contribution in [-0.4, -0.2) is 53.8 Å². The van der Waals surface area contributed by atoms with Crippen molar-refractivity contribution in [3.8, 4) is 0 Å². The van der Waals surface area contributed by atoms with E-state index in [2.05, 4.69) is 24.1 Å². The summed E-state index contributed by atoms with van der Waals surface area (Å²) in [5, 5.41) is 9.76. The number of quaternary nitrogens is 1. The van der Waals surface area contributed by atoms with Crippen LogP contribution in [0.25, 0.3) is 0 Å². The maximum Gasteiger partial charge on any atom is 0.490 e. The third kappa shape index (κ3) is 4.47. The van der Waals surface area contributed by atoms with E-state index in [0.717, 1.165) is 10.2 Å². The summed E-state index contributed by atoms with van der Waals surface area (Å²) in [5.41, 5.74) is 8.41. The summed E-state index contributed by atoms with van der Waals surface area (Å²) in [6, 6.07) is 6.82. The molecule has 156 valence electrons. The molecule has 0 aliphatic carbocycles. The number of carboxylic acids is 1. The average Bonchev–Trinajstić information content (AvgIpc) is 3.24. The first-order valence-electron chi connectivity index (χ1n) is 9.34. The number of primary amides is 1. The summed E-state index contributed by atoms with van der Waals surface area (Å²) in [4.78, 5) is 20.4. The van der Waals surface area contributed by atoms with Crippen LogP contribution in [-0.2, 0) is 4.79 Å². The summed E-state index contributed by atoms with van der Waals surface area (Å²) in [6.45, 7) is 7.89. The number of nitrogens with zero attached hydrogens (tertiary/aromatic N) is 2. The molecular weight excluding hydrogens is 375 g/mol. The number of aryl methyl sites for hydroxylation is 1. The molecule has 9 heteroatoms. The average molecular weight is 402 g/mol. The Bertz CT molecular complexity index is 733. The molecule has 28 heavy (non-hydrogen) atoms. The van der Waals surface area contributed by atoms with Crippen molar-refractivity contribution in [1.82, 2.24) is 9.60 Å². The third-order valence-electron chi connectivity index (χ3n) is 5.60. The number of hydrogen-bond acceptors (Lipinski definition) is 3. The molecule has 1 aromatic rings. The smallest absolute Gasteiger partial charge is 0.475 e. The molecular formula is C19H27F3N3O3+. The second kappa shape index (κ2) is 8.48. The number of rotatable bonds is 3. The molecule has 1 aromatic carbocycles. The van der Waals surface area contributed by atoms with Gasteiger partial charge in [-0.1, -0.05) is 0 Å². The van der Waals surface area contributed by atoms with Crippen molar-refractivity contribution < 1.29 is 27.9 Å². The van der Waals surface area contributed by atoms with E-state index in [4.69, 9.17) is 15.6 Å². The van der Waals surface area contributed by atoms with Gasteiger partial charge in [0.15, 0.2) is 5.69 Å². The minimum atomic E-state index is -5.08. The van der Waals surface area contributed by atoms with Crippen LogP contribution in [0.15, 0.2) is 18.2 Å². The molecule has 2 aliphatic rings. The first kappa shape index (κ1) is 22.2. The first-order chi connectivity index (χ1) is 13.0. The van der Waals surface area contributed by atoms with Crippen molar-refractivity contribution in [1.29, 1.82) is 0 Å². The quantitative estimate of drug-likeness (QED) is 0.761. The summed E-state index contributed by atoms with van der Waals surface area (Å²) < 4.78 is 32.7. The molecule has 2 atom stereocenters. The number of alkyl halides is 3. The largest absolute Gasteiger partial charge is 0.490 e. The monoisotopic (exact) mass is 402 g/mol. The van der Waals surface area contributed by atoms with Crippen molar-refractivity contribution in [2.24, 2.45) is 5.73 Å².